The van der Waals surface area contributed by atoms with Crippen molar-refractivity contribution in [3.8, 4) is 5.95 Å². The van der Waals surface area contributed by atoms with Crippen molar-refractivity contribution in [2.24, 2.45) is 0 Å². The molecule has 2 heterocycles. The molecule has 0 aliphatic heterocycles. The Morgan fingerprint density at radius 3 is 2.76 bits per heavy atom. The maximum Gasteiger partial charge on any atom is 0.411 e. The van der Waals surface area contributed by atoms with Crippen LogP contribution in [0.25, 0.3) is 5.95 Å². The maximum atomic E-state index is 11.9. The van der Waals surface area contributed by atoms with Crippen LogP contribution in [0.3, 0.4) is 0 Å². The highest BCUT2D eigenvalue weighted by Gasteiger charge is 2.27. The molecule has 0 atom stereocenters. The number of halogens is 4. The molecule has 0 saturated heterocycles. The molecule has 11 heteroatoms. The second kappa shape index (κ2) is 6.68. The molecule has 7 nitrogen and oxygen atoms in total. The summed E-state index contributed by atoms with van der Waals surface area (Å²) >= 11 is 5.74. The summed E-state index contributed by atoms with van der Waals surface area (Å²) in [7, 11) is 0. The summed E-state index contributed by atoms with van der Waals surface area (Å²) in [6.45, 7) is -1.36. The number of nitrogens with zero attached hydrogens (tertiary/aromatic N) is 5. The molecule has 0 saturated carbocycles. The highest BCUT2D eigenvalue weighted by Crippen LogP contribution is 2.14. The van der Waals surface area contributed by atoms with Crippen LogP contribution in [0.5, 0.6) is 0 Å². The summed E-state index contributed by atoms with van der Waals surface area (Å²) in [6.07, 6.45) is -1.19. The molecule has 0 bridgehead atoms. The van der Waals surface area contributed by atoms with Crippen molar-refractivity contribution in [3.63, 3.8) is 0 Å². The third kappa shape index (κ3) is 5.16. The topological polar surface area (TPSA) is 77.8 Å². The van der Waals surface area contributed by atoms with Crippen LogP contribution in [0.1, 0.15) is 0 Å². The molecule has 0 aromatic carbocycles. The van der Waals surface area contributed by atoms with Crippen LogP contribution in [0.4, 0.5) is 19.1 Å². The van der Waals surface area contributed by atoms with Crippen LogP contribution >= 0.6 is 11.6 Å². The van der Waals surface area contributed by atoms with Gasteiger partial charge in [-0.1, -0.05) is 0 Å². The predicted octanol–water partition coefficient (Wildman–Crippen LogP) is 1.70. The van der Waals surface area contributed by atoms with Gasteiger partial charge in [0.25, 0.3) is 5.95 Å². The lowest BCUT2D eigenvalue weighted by atomic mass is 10.6. The Hall–Kier alpha value is -1.94. The van der Waals surface area contributed by atoms with E-state index in [1.54, 1.807) is 12.3 Å². The summed E-state index contributed by atoms with van der Waals surface area (Å²) in [5.41, 5.74) is 0. The van der Waals surface area contributed by atoms with Crippen molar-refractivity contribution in [3.05, 3.63) is 23.7 Å². The van der Waals surface area contributed by atoms with Crippen LogP contribution in [-0.2, 0) is 4.74 Å². The second-order valence-corrected chi connectivity index (χ2v) is 4.11. The van der Waals surface area contributed by atoms with Gasteiger partial charge in [-0.05, 0) is 17.7 Å². The number of ether oxygens (including phenoxy) is 1. The highest BCUT2D eigenvalue weighted by molar-refractivity contribution is 6.28. The summed E-state index contributed by atoms with van der Waals surface area (Å²) in [5, 5.41) is 6.57. The number of anilines is 1. The van der Waals surface area contributed by atoms with Gasteiger partial charge >= 0.3 is 6.18 Å². The fourth-order valence-electron chi connectivity index (χ4n) is 1.33. The van der Waals surface area contributed by atoms with Gasteiger partial charge in [0.05, 0.1) is 6.61 Å². The van der Waals surface area contributed by atoms with Crippen LogP contribution in [-0.4, -0.2) is 50.7 Å². The Bertz CT molecular complexity index is 577. The summed E-state index contributed by atoms with van der Waals surface area (Å²) < 4.78 is 41.4. The Morgan fingerprint density at radius 1 is 1.29 bits per heavy atom. The average Bonchev–Trinajstić information content (AvgIpc) is 2.90. The van der Waals surface area contributed by atoms with Gasteiger partial charge in [-0.15, -0.1) is 0 Å². The maximum absolute atomic E-state index is 11.9. The van der Waals surface area contributed by atoms with Crippen LogP contribution in [0.15, 0.2) is 18.5 Å². The zero-order valence-electron chi connectivity index (χ0n) is 10.5. The predicted molar refractivity (Wildman–Crippen MR) is 67.3 cm³/mol. The lowest BCUT2D eigenvalue weighted by Crippen LogP contribution is -2.20. The van der Waals surface area contributed by atoms with E-state index in [9.17, 15) is 13.2 Å². The van der Waals surface area contributed by atoms with Crippen molar-refractivity contribution >= 4 is 17.5 Å². The van der Waals surface area contributed by atoms with Gasteiger partial charge in [-0.3, -0.25) is 0 Å². The van der Waals surface area contributed by atoms with Crippen molar-refractivity contribution in [1.29, 1.82) is 0 Å². The molecule has 0 spiro atoms. The Kier molecular flexibility index (Phi) is 4.91. The normalized spacial score (nSPS) is 11.6. The Morgan fingerprint density at radius 2 is 2.10 bits per heavy atom. The molecular formula is C10H10ClF3N6O. The molecule has 21 heavy (non-hydrogen) atoms. The van der Waals surface area contributed by atoms with Crippen molar-refractivity contribution in [2.75, 3.05) is 25.1 Å². The Balaban J connectivity index is 1.89. The number of alkyl halides is 3. The molecule has 114 valence electrons. The van der Waals surface area contributed by atoms with E-state index in [1.165, 1.54) is 10.9 Å². The highest BCUT2D eigenvalue weighted by atomic mass is 35.5. The standard InChI is InChI=1S/C10H10ClF3N6O/c11-7-17-8(15-3-5-21-6-10(12,13)14)19-9(18-7)20-4-1-2-16-20/h1-2,4H,3,5-6H2,(H,15,17,18,19). The lowest BCUT2D eigenvalue weighted by Gasteiger charge is -2.09. The zero-order valence-corrected chi connectivity index (χ0v) is 11.3. The van der Waals surface area contributed by atoms with Gasteiger partial charge in [0.15, 0.2) is 0 Å². The van der Waals surface area contributed by atoms with Crippen LogP contribution < -0.4 is 5.32 Å². The molecule has 0 fully saturated rings. The lowest BCUT2D eigenvalue weighted by molar-refractivity contribution is -0.172. The molecule has 2 rings (SSSR count). The third-order valence-electron chi connectivity index (χ3n) is 2.10. The van der Waals surface area contributed by atoms with E-state index in [-0.39, 0.29) is 30.3 Å². The molecule has 0 radical (unpaired) electrons. The first-order valence-corrected chi connectivity index (χ1v) is 6.12. The van der Waals surface area contributed by atoms with Gasteiger partial charge in [0, 0.05) is 18.9 Å². The van der Waals surface area contributed by atoms with Gasteiger partial charge < -0.3 is 10.1 Å². The number of rotatable bonds is 6. The molecule has 2 aromatic heterocycles. The summed E-state index contributed by atoms with van der Waals surface area (Å²) in [4.78, 5) is 11.7. The van der Waals surface area contributed by atoms with Crippen molar-refractivity contribution < 1.29 is 17.9 Å². The van der Waals surface area contributed by atoms with Gasteiger partial charge in [-0.25, -0.2) is 4.68 Å². The molecule has 1 N–H and O–H groups in total. The fourth-order valence-corrected chi connectivity index (χ4v) is 1.49. The molecule has 2 aromatic rings. The number of nitrogens with one attached hydrogen (secondary N) is 1. The summed E-state index contributed by atoms with van der Waals surface area (Å²) in [6, 6.07) is 1.68. The molecule has 0 aliphatic carbocycles. The minimum Gasteiger partial charge on any atom is -0.370 e. The minimum absolute atomic E-state index is 0.0609. The van der Waals surface area contributed by atoms with Crippen molar-refractivity contribution in [2.45, 2.75) is 6.18 Å². The van der Waals surface area contributed by atoms with E-state index >= 15 is 0 Å². The average molecular weight is 323 g/mol. The molecule has 0 aliphatic rings. The van der Waals surface area contributed by atoms with E-state index in [4.69, 9.17) is 11.6 Å². The largest absolute Gasteiger partial charge is 0.411 e. The molecule has 0 amide bonds. The van der Waals surface area contributed by atoms with E-state index in [0.29, 0.717) is 0 Å². The zero-order chi connectivity index (χ0) is 15.3. The smallest absolute Gasteiger partial charge is 0.370 e. The fraction of sp³-hybridized carbons (Fsp3) is 0.400. The van der Waals surface area contributed by atoms with E-state index in [2.05, 4.69) is 30.1 Å². The van der Waals surface area contributed by atoms with Gasteiger partial charge in [-0.2, -0.15) is 33.2 Å². The van der Waals surface area contributed by atoms with E-state index < -0.39 is 12.8 Å². The first kappa shape index (κ1) is 15.4. The van der Waals surface area contributed by atoms with E-state index in [0.717, 1.165) is 0 Å². The van der Waals surface area contributed by atoms with E-state index in [1.807, 2.05) is 0 Å². The van der Waals surface area contributed by atoms with Crippen LogP contribution in [0, 0.1) is 0 Å². The first-order chi connectivity index (χ1) is 9.94. The molecular weight excluding hydrogens is 313 g/mol. The number of aromatic nitrogens is 5. The minimum atomic E-state index is -4.34. The van der Waals surface area contributed by atoms with Crippen LogP contribution in [0.2, 0.25) is 5.28 Å². The van der Waals surface area contributed by atoms with Gasteiger partial charge in [0.2, 0.25) is 11.2 Å². The monoisotopic (exact) mass is 322 g/mol. The Labute approximate surface area is 122 Å². The van der Waals surface area contributed by atoms with Gasteiger partial charge in [0.1, 0.15) is 6.61 Å². The summed E-state index contributed by atoms with van der Waals surface area (Å²) in [5.74, 6) is 0.315. The SMILES string of the molecule is FC(F)(F)COCCNc1nc(Cl)nc(-n2cccn2)n1. The number of hydrogen-bond donors (Lipinski definition) is 1. The number of hydrogen-bond acceptors (Lipinski definition) is 6. The third-order valence-corrected chi connectivity index (χ3v) is 2.27. The molecule has 0 unspecified atom stereocenters. The van der Waals surface area contributed by atoms with Crippen molar-refractivity contribution in [1.82, 2.24) is 24.7 Å². The quantitative estimate of drug-likeness (QED) is 0.816. The second-order valence-electron chi connectivity index (χ2n) is 3.77. The first-order valence-electron chi connectivity index (χ1n) is 5.74.